The summed E-state index contributed by atoms with van der Waals surface area (Å²) < 4.78 is 0. The zero-order valence-electron chi connectivity index (χ0n) is 23.2. The summed E-state index contributed by atoms with van der Waals surface area (Å²) in [5.41, 5.74) is 14.0. The second kappa shape index (κ2) is 10.8. The van der Waals surface area contributed by atoms with E-state index in [-0.39, 0.29) is 0 Å². The standard InChI is InChI=1S/C34H40N2/c1-21(2)11-27-9-10-28(12-22(3)4)31(19-27)32-20-35-33(29-15-23(5)13-24(6)16-29)34(36-32)30-17-25(7)14-26(8)18-30/h9-10,13-22H,11-12H2,1-8H3. The van der Waals surface area contributed by atoms with Gasteiger partial charge in [-0.2, -0.15) is 0 Å². The molecule has 36 heavy (non-hydrogen) atoms. The molecule has 0 fully saturated rings. The first-order valence-electron chi connectivity index (χ1n) is 13.3. The summed E-state index contributed by atoms with van der Waals surface area (Å²) in [4.78, 5) is 10.4. The van der Waals surface area contributed by atoms with Crippen molar-refractivity contribution in [2.45, 2.75) is 68.2 Å². The van der Waals surface area contributed by atoms with E-state index in [1.54, 1.807) is 0 Å². The van der Waals surface area contributed by atoms with Gasteiger partial charge in [-0.15, -0.1) is 0 Å². The van der Waals surface area contributed by atoms with Crippen LogP contribution in [0.3, 0.4) is 0 Å². The minimum atomic E-state index is 0.570. The third-order valence-electron chi connectivity index (χ3n) is 6.49. The van der Waals surface area contributed by atoms with Gasteiger partial charge in [-0.05, 0) is 93.8 Å². The lowest BCUT2D eigenvalue weighted by atomic mass is 9.92. The Balaban J connectivity index is 1.96. The minimum absolute atomic E-state index is 0.570. The predicted molar refractivity (Wildman–Crippen MR) is 154 cm³/mol. The maximum absolute atomic E-state index is 5.36. The van der Waals surface area contributed by atoms with Gasteiger partial charge in [-0.1, -0.05) is 74.2 Å². The summed E-state index contributed by atoms with van der Waals surface area (Å²) in [5.74, 6) is 1.18. The van der Waals surface area contributed by atoms with Crippen LogP contribution in [0, 0.1) is 39.5 Å². The molecule has 0 saturated carbocycles. The highest BCUT2D eigenvalue weighted by Gasteiger charge is 2.17. The average molecular weight is 477 g/mol. The summed E-state index contributed by atoms with van der Waals surface area (Å²) in [6.45, 7) is 17.7. The van der Waals surface area contributed by atoms with Gasteiger partial charge >= 0.3 is 0 Å². The fourth-order valence-electron chi connectivity index (χ4n) is 5.23. The van der Waals surface area contributed by atoms with Crippen LogP contribution >= 0.6 is 0 Å². The normalized spacial score (nSPS) is 11.5. The Labute approximate surface area is 217 Å². The largest absolute Gasteiger partial charge is 0.252 e. The highest BCUT2D eigenvalue weighted by molar-refractivity contribution is 5.81. The second-order valence-electron chi connectivity index (χ2n) is 11.4. The van der Waals surface area contributed by atoms with Crippen molar-refractivity contribution in [2.75, 3.05) is 0 Å². The molecular formula is C34H40N2. The Hall–Kier alpha value is -3.26. The number of hydrogen-bond donors (Lipinski definition) is 0. The van der Waals surface area contributed by atoms with Gasteiger partial charge in [0.1, 0.15) is 0 Å². The van der Waals surface area contributed by atoms with Crippen LogP contribution in [0.2, 0.25) is 0 Å². The number of benzene rings is 3. The van der Waals surface area contributed by atoms with E-state index in [0.717, 1.165) is 41.1 Å². The number of aromatic nitrogens is 2. The van der Waals surface area contributed by atoms with Crippen molar-refractivity contribution in [3.8, 4) is 33.8 Å². The molecule has 1 heterocycles. The van der Waals surface area contributed by atoms with Gasteiger partial charge in [0.05, 0.1) is 23.3 Å². The Morgan fingerprint density at radius 3 is 1.67 bits per heavy atom. The summed E-state index contributed by atoms with van der Waals surface area (Å²) in [6.07, 6.45) is 4.07. The molecule has 2 heteroatoms. The van der Waals surface area contributed by atoms with Crippen molar-refractivity contribution in [3.05, 3.63) is 94.2 Å². The number of hydrogen-bond acceptors (Lipinski definition) is 2. The second-order valence-corrected chi connectivity index (χ2v) is 11.4. The van der Waals surface area contributed by atoms with E-state index < -0.39 is 0 Å². The van der Waals surface area contributed by atoms with Gasteiger partial charge in [0, 0.05) is 16.7 Å². The molecule has 0 unspecified atom stereocenters. The smallest absolute Gasteiger partial charge is 0.0972 e. The summed E-state index contributed by atoms with van der Waals surface area (Å²) >= 11 is 0. The zero-order valence-corrected chi connectivity index (χ0v) is 23.2. The molecule has 0 N–H and O–H groups in total. The van der Waals surface area contributed by atoms with Crippen LogP contribution < -0.4 is 0 Å². The molecule has 4 rings (SSSR count). The molecule has 3 aromatic carbocycles. The van der Waals surface area contributed by atoms with Crippen molar-refractivity contribution < 1.29 is 0 Å². The maximum atomic E-state index is 5.36. The van der Waals surface area contributed by atoms with Crippen LogP contribution in [-0.4, -0.2) is 9.97 Å². The number of nitrogens with zero attached hydrogens (tertiary/aromatic N) is 2. The maximum Gasteiger partial charge on any atom is 0.0972 e. The van der Waals surface area contributed by atoms with Gasteiger partial charge in [0.2, 0.25) is 0 Å². The molecule has 0 radical (unpaired) electrons. The number of aryl methyl sites for hydroxylation is 4. The van der Waals surface area contributed by atoms with E-state index in [1.807, 2.05) is 6.20 Å². The van der Waals surface area contributed by atoms with Crippen LogP contribution in [0.15, 0.2) is 60.8 Å². The molecule has 0 amide bonds. The van der Waals surface area contributed by atoms with E-state index in [9.17, 15) is 0 Å². The van der Waals surface area contributed by atoms with Gasteiger partial charge in [-0.25, -0.2) is 4.98 Å². The summed E-state index contributed by atoms with van der Waals surface area (Å²) in [5, 5.41) is 0. The summed E-state index contributed by atoms with van der Waals surface area (Å²) in [7, 11) is 0. The first kappa shape index (κ1) is 25.8. The molecule has 0 aliphatic rings. The molecule has 0 atom stereocenters. The van der Waals surface area contributed by atoms with Crippen LogP contribution in [0.1, 0.15) is 61.1 Å². The van der Waals surface area contributed by atoms with E-state index in [1.165, 1.54) is 38.9 Å². The highest BCUT2D eigenvalue weighted by atomic mass is 14.8. The van der Waals surface area contributed by atoms with Crippen molar-refractivity contribution in [1.29, 1.82) is 0 Å². The molecule has 0 aliphatic heterocycles. The molecule has 0 saturated heterocycles. The van der Waals surface area contributed by atoms with Crippen LogP contribution in [0.25, 0.3) is 33.8 Å². The molecule has 0 aliphatic carbocycles. The van der Waals surface area contributed by atoms with E-state index in [2.05, 4.69) is 110 Å². The molecule has 4 aromatic rings. The fraction of sp³-hybridized carbons (Fsp3) is 0.353. The number of rotatable bonds is 7. The zero-order chi connectivity index (χ0) is 26.0. The summed E-state index contributed by atoms with van der Waals surface area (Å²) in [6, 6.07) is 20.3. The lowest BCUT2D eigenvalue weighted by Gasteiger charge is -2.17. The molecule has 186 valence electrons. The predicted octanol–water partition coefficient (Wildman–Crippen LogP) is 9.11. The van der Waals surface area contributed by atoms with Gasteiger partial charge in [0.15, 0.2) is 0 Å². The third kappa shape index (κ3) is 6.10. The Kier molecular flexibility index (Phi) is 7.73. The quantitative estimate of drug-likeness (QED) is 0.266. The van der Waals surface area contributed by atoms with Gasteiger partial charge < -0.3 is 0 Å². The lowest BCUT2D eigenvalue weighted by Crippen LogP contribution is -2.03. The molecule has 2 nitrogen and oxygen atoms in total. The van der Waals surface area contributed by atoms with Crippen molar-refractivity contribution >= 4 is 0 Å². The Morgan fingerprint density at radius 1 is 0.611 bits per heavy atom. The van der Waals surface area contributed by atoms with Gasteiger partial charge in [-0.3, -0.25) is 4.98 Å². The SMILES string of the molecule is Cc1cc(C)cc(-c2ncc(-c3cc(CC(C)C)ccc3CC(C)C)nc2-c2cc(C)cc(C)c2)c1. The average Bonchev–Trinajstić information content (AvgIpc) is 2.78. The van der Waals surface area contributed by atoms with E-state index in [4.69, 9.17) is 9.97 Å². The highest BCUT2D eigenvalue weighted by Crippen LogP contribution is 2.35. The fourth-order valence-corrected chi connectivity index (χ4v) is 5.23. The van der Waals surface area contributed by atoms with E-state index in [0.29, 0.717) is 11.8 Å². The van der Waals surface area contributed by atoms with Crippen molar-refractivity contribution in [3.63, 3.8) is 0 Å². The third-order valence-corrected chi connectivity index (χ3v) is 6.49. The molecule has 0 bridgehead atoms. The first-order valence-corrected chi connectivity index (χ1v) is 13.3. The van der Waals surface area contributed by atoms with Gasteiger partial charge in [0.25, 0.3) is 0 Å². The first-order chi connectivity index (χ1) is 17.1. The topological polar surface area (TPSA) is 25.8 Å². The van der Waals surface area contributed by atoms with Crippen molar-refractivity contribution in [2.24, 2.45) is 11.8 Å². The molecular weight excluding hydrogens is 436 g/mol. The Bertz CT molecular complexity index is 1340. The Morgan fingerprint density at radius 2 is 1.14 bits per heavy atom. The molecule has 0 spiro atoms. The van der Waals surface area contributed by atoms with Crippen LogP contribution in [-0.2, 0) is 12.8 Å². The van der Waals surface area contributed by atoms with Crippen molar-refractivity contribution in [1.82, 2.24) is 9.97 Å². The minimum Gasteiger partial charge on any atom is -0.252 e. The van der Waals surface area contributed by atoms with E-state index >= 15 is 0 Å². The van der Waals surface area contributed by atoms with Crippen LogP contribution in [0.5, 0.6) is 0 Å². The lowest BCUT2D eigenvalue weighted by molar-refractivity contribution is 0.641. The molecule has 1 aromatic heterocycles. The monoisotopic (exact) mass is 476 g/mol. The van der Waals surface area contributed by atoms with Crippen LogP contribution in [0.4, 0.5) is 0 Å².